The topological polar surface area (TPSA) is 65.5 Å². The number of nitrogens with zero attached hydrogens (tertiary/aromatic N) is 2. The highest BCUT2D eigenvalue weighted by Gasteiger charge is 2.12. The number of aromatic nitrogens is 1. The molecule has 1 atom stereocenters. The van der Waals surface area contributed by atoms with Crippen LogP contribution in [0.25, 0.3) is 0 Å². The zero-order chi connectivity index (χ0) is 14.3. The van der Waals surface area contributed by atoms with Crippen molar-refractivity contribution in [3.8, 4) is 0 Å². The number of rotatable bonds is 7. The summed E-state index contributed by atoms with van der Waals surface area (Å²) >= 11 is 5.76. The summed E-state index contributed by atoms with van der Waals surface area (Å²) in [7, 11) is 1.79. The Kier molecular flexibility index (Phi) is 6.59. The van der Waals surface area contributed by atoms with E-state index in [2.05, 4.69) is 10.3 Å². The Labute approximate surface area is 118 Å². The highest BCUT2D eigenvalue weighted by molar-refractivity contribution is 6.30. The summed E-state index contributed by atoms with van der Waals surface area (Å²) in [6.07, 6.45) is 2.92. The van der Waals surface area contributed by atoms with Crippen LogP contribution in [0.15, 0.2) is 18.3 Å². The zero-order valence-corrected chi connectivity index (χ0v) is 12.0. The van der Waals surface area contributed by atoms with Crippen LogP contribution in [0, 0.1) is 0 Å². The molecule has 0 aliphatic rings. The van der Waals surface area contributed by atoms with Gasteiger partial charge in [-0.1, -0.05) is 18.5 Å². The number of amides is 1. The van der Waals surface area contributed by atoms with Crippen LogP contribution in [-0.4, -0.2) is 42.2 Å². The third-order valence-electron chi connectivity index (χ3n) is 2.82. The molecule has 0 saturated carbocycles. The largest absolute Gasteiger partial charge is 0.396 e. The van der Waals surface area contributed by atoms with Crippen LogP contribution in [0.5, 0.6) is 0 Å². The number of halogens is 1. The van der Waals surface area contributed by atoms with Crippen LogP contribution < -0.4 is 10.2 Å². The second-order valence-electron chi connectivity index (χ2n) is 4.38. The van der Waals surface area contributed by atoms with Gasteiger partial charge in [-0.15, -0.1) is 0 Å². The lowest BCUT2D eigenvalue weighted by atomic mass is 10.1. The Morgan fingerprint density at radius 3 is 2.84 bits per heavy atom. The number of hydrogen-bond donors (Lipinski definition) is 2. The molecular weight excluding hydrogens is 266 g/mol. The lowest BCUT2D eigenvalue weighted by Crippen LogP contribution is -2.41. The molecular formula is C13H20ClN3O2. The Morgan fingerprint density at radius 1 is 1.58 bits per heavy atom. The first-order valence-corrected chi connectivity index (χ1v) is 6.67. The second kappa shape index (κ2) is 7.96. The van der Waals surface area contributed by atoms with E-state index in [-0.39, 0.29) is 25.1 Å². The average Bonchev–Trinajstić information content (AvgIpc) is 2.38. The number of nitrogens with one attached hydrogen (secondary N) is 1. The summed E-state index contributed by atoms with van der Waals surface area (Å²) in [5.41, 5.74) is 0. The minimum absolute atomic E-state index is 0.0177. The van der Waals surface area contributed by atoms with E-state index in [0.29, 0.717) is 17.3 Å². The maximum atomic E-state index is 11.8. The smallest absolute Gasteiger partial charge is 0.239 e. The molecule has 1 heterocycles. The predicted octanol–water partition coefficient (Wildman–Crippen LogP) is 1.45. The third kappa shape index (κ3) is 5.44. The highest BCUT2D eigenvalue weighted by atomic mass is 35.5. The number of aliphatic hydroxyl groups excluding tert-OH is 1. The molecule has 0 saturated heterocycles. The molecule has 2 N–H and O–H groups in total. The average molecular weight is 286 g/mol. The van der Waals surface area contributed by atoms with Crippen LogP contribution in [0.1, 0.15) is 19.8 Å². The van der Waals surface area contributed by atoms with E-state index in [1.165, 1.54) is 0 Å². The van der Waals surface area contributed by atoms with Crippen LogP contribution in [0.2, 0.25) is 5.02 Å². The van der Waals surface area contributed by atoms with Crippen LogP contribution >= 0.6 is 11.6 Å². The van der Waals surface area contributed by atoms with Crippen molar-refractivity contribution in [3.63, 3.8) is 0 Å². The van der Waals surface area contributed by atoms with Crippen LogP contribution in [0.3, 0.4) is 0 Å². The number of likely N-dealkylation sites (N-methyl/N-ethyl adjacent to an activating group) is 1. The van der Waals surface area contributed by atoms with Crippen molar-refractivity contribution in [3.05, 3.63) is 23.4 Å². The quantitative estimate of drug-likeness (QED) is 0.796. The van der Waals surface area contributed by atoms with Gasteiger partial charge in [-0.2, -0.15) is 0 Å². The van der Waals surface area contributed by atoms with E-state index < -0.39 is 0 Å². The summed E-state index contributed by atoms with van der Waals surface area (Å²) in [5.74, 6) is 0.606. The normalized spacial score (nSPS) is 12.0. The first kappa shape index (κ1) is 15.7. The molecule has 106 valence electrons. The molecule has 0 aromatic carbocycles. The highest BCUT2D eigenvalue weighted by Crippen LogP contribution is 2.12. The number of carbonyl (C=O) groups is 1. The van der Waals surface area contributed by atoms with Crippen molar-refractivity contribution in [1.29, 1.82) is 0 Å². The van der Waals surface area contributed by atoms with Gasteiger partial charge in [0.05, 0.1) is 11.6 Å². The molecule has 0 spiro atoms. The Morgan fingerprint density at radius 2 is 2.32 bits per heavy atom. The molecule has 0 radical (unpaired) electrons. The van der Waals surface area contributed by atoms with Gasteiger partial charge in [0.1, 0.15) is 5.82 Å². The van der Waals surface area contributed by atoms with E-state index in [4.69, 9.17) is 16.7 Å². The molecule has 19 heavy (non-hydrogen) atoms. The van der Waals surface area contributed by atoms with Gasteiger partial charge in [0.2, 0.25) is 5.91 Å². The van der Waals surface area contributed by atoms with Crippen LogP contribution in [0.4, 0.5) is 5.82 Å². The van der Waals surface area contributed by atoms with E-state index in [9.17, 15) is 4.79 Å². The fourth-order valence-corrected chi connectivity index (χ4v) is 1.81. The van der Waals surface area contributed by atoms with Gasteiger partial charge in [-0.3, -0.25) is 4.79 Å². The first-order valence-electron chi connectivity index (χ1n) is 6.29. The Bertz CT molecular complexity index is 397. The molecule has 0 aliphatic carbocycles. The van der Waals surface area contributed by atoms with E-state index in [1.54, 1.807) is 30.3 Å². The molecule has 5 nitrogen and oxygen atoms in total. The summed E-state index contributed by atoms with van der Waals surface area (Å²) < 4.78 is 0. The molecule has 1 amide bonds. The molecule has 1 aromatic heterocycles. The third-order valence-corrected chi connectivity index (χ3v) is 3.04. The summed E-state index contributed by atoms with van der Waals surface area (Å²) in [4.78, 5) is 17.7. The van der Waals surface area contributed by atoms with Gasteiger partial charge in [0, 0.05) is 25.9 Å². The van der Waals surface area contributed by atoms with Crippen molar-refractivity contribution in [2.75, 3.05) is 25.1 Å². The summed E-state index contributed by atoms with van der Waals surface area (Å²) in [5, 5.41) is 12.3. The lowest BCUT2D eigenvalue weighted by Gasteiger charge is -2.20. The lowest BCUT2D eigenvalue weighted by molar-refractivity contribution is -0.120. The number of pyridine rings is 1. The molecule has 1 rings (SSSR count). The van der Waals surface area contributed by atoms with Crippen molar-refractivity contribution in [2.24, 2.45) is 0 Å². The second-order valence-corrected chi connectivity index (χ2v) is 4.81. The fourth-order valence-electron chi connectivity index (χ4n) is 1.70. The number of carbonyl (C=O) groups excluding carboxylic acids is 1. The molecule has 0 aliphatic heterocycles. The van der Waals surface area contributed by atoms with Crippen molar-refractivity contribution >= 4 is 23.3 Å². The summed E-state index contributed by atoms with van der Waals surface area (Å²) in [6, 6.07) is 3.52. The Hall–Kier alpha value is -1.33. The molecule has 1 unspecified atom stereocenters. The monoisotopic (exact) mass is 285 g/mol. The van der Waals surface area contributed by atoms with Gasteiger partial charge in [-0.25, -0.2) is 4.98 Å². The number of anilines is 1. The fraction of sp³-hybridized carbons (Fsp3) is 0.538. The van der Waals surface area contributed by atoms with Crippen molar-refractivity contribution in [1.82, 2.24) is 10.3 Å². The Balaban J connectivity index is 2.49. The minimum Gasteiger partial charge on any atom is -0.396 e. The van der Waals surface area contributed by atoms with Crippen molar-refractivity contribution in [2.45, 2.75) is 25.8 Å². The van der Waals surface area contributed by atoms with Gasteiger partial charge in [-0.05, 0) is 25.0 Å². The van der Waals surface area contributed by atoms with Crippen molar-refractivity contribution < 1.29 is 9.90 Å². The maximum absolute atomic E-state index is 11.8. The minimum atomic E-state index is -0.0837. The summed E-state index contributed by atoms with van der Waals surface area (Å²) in [6.45, 7) is 2.27. The first-order chi connectivity index (χ1) is 9.06. The van der Waals surface area contributed by atoms with E-state index in [1.807, 2.05) is 6.92 Å². The molecule has 1 aromatic rings. The SMILES string of the molecule is CCC(CCO)NC(=O)CN(C)c1ccc(Cl)cn1. The predicted molar refractivity (Wildman–Crippen MR) is 76.4 cm³/mol. The van der Waals surface area contributed by atoms with Gasteiger partial charge in [0.15, 0.2) is 0 Å². The molecule has 0 bridgehead atoms. The maximum Gasteiger partial charge on any atom is 0.239 e. The van der Waals surface area contributed by atoms with Gasteiger partial charge < -0.3 is 15.3 Å². The molecule has 0 fully saturated rings. The van der Waals surface area contributed by atoms with Crippen LogP contribution in [-0.2, 0) is 4.79 Å². The number of aliphatic hydroxyl groups is 1. The zero-order valence-electron chi connectivity index (χ0n) is 11.3. The number of hydrogen-bond acceptors (Lipinski definition) is 4. The standard InChI is InChI=1S/C13H20ClN3O2/c1-3-11(6-7-18)16-13(19)9-17(2)12-5-4-10(14)8-15-12/h4-5,8,11,18H,3,6-7,9H2,1-2H3,(H,16,19). The van der Waals surface area contributed by atoms with Gasteiger partial charge in [0.25, 0.3) is 0 Å². The van der Waals surface area contributed by atoms with E-state index in [0.717, 1.165) is 6.42 Å². The van der Waals surface area contributed by atoms with E-state index >= 15 is 0 Å². The van der Waals surface area contributed by atoms with Gasteiger partial charge >= 0.3 is 0 Å². The molecule has 6 heteroatoms.